The van der Waals surface area contributed by atoms with Gasteiger partial charge in [0.25, 0.3) is 0 Å². The van der Waals surface area contributed by atoms with Crippen molar-refractivity contribution in [1.82, 2.24) is 9.80 Å². The van der Waals surface area contributed by atoms with E-state index in [1.165, 1.54) is 7.11 Å². The first-order valence-corrected chi connectivity index (χ1v) is 7.93. The van der Waals surface area contributed by atoms with Gasteiger partial charge in [-0.3, -0.25) is 4.79 Å². The zero-order valence-electron chi connectivity index (χ0n) is 12.9. The van der Waals surface area contributed by atoms with Gasteiger partial charge in [0.1, 0.15) is 0 Å². The minimum atomic E-state index is 0.423. The normalized spacial score (nSPS) is 25.1. The van der Waals surface area contributed by atoms with Crippen LogP contribution in [0.1, 0.15) is 19.3 Å². The minimum absolute atomic E-state index is 0.423. The molecule has 2 aliphatic rings. The highest BCUT2D eigenvalue weighted by Gasteiger charge is 2.27. The lowest BCUT2D eigenvalue weighted by molar-refractivity contribution is -0.272. The van der Waals surface area contributed by atoms with Crippen molar-refractivity contribution in [2.45, 2.75) is 25.3 Å². The fourth-order valence-electron chi connectivity index (χ4n) is 2.31. The van der Waals surface area contributed by atoms with Gasteiger partial charge in [0.2, 0.25) is 6.41 Å². The summed E-state index contributed by atoms with van der Waals surface area (Å²) in [7, 11) is 1.50. The van der Waals surface area contributed by atoms with Crippen molar-refractivity contribution < 1.29 is 14.6 Å². The summed E-state index contributed by atoms with van der Waals surface area (Å²) < 4.78 is 0. The third-order valence-electron chi connectivity index (χ3n) is 3.65. The molecule has 0 radical (unpaired) electrons. The van der Waals surface area contributed by atoms with E-state index in [-0.39, 0.29) is 0 Å². The Kier molecular flexibility index (Phi) is 6.96. The molecule has 0 N–H and O–H groups in total. The largest absolute Gasteiger partial charge is 0.370 e. The average Bonchev–Trinajstić information content (AvgIpc) is 3.32. The molecule has 1 aliphatic heterocycles. The summed E-state index contributed by atoms with van der Waals surface area (Å²) in [5, 5.41) is 0.776. The number of hydrogen-bond acceptors (Lipinski definition) is 4. The molecule has 0 aromatic rings. The zero-order chi connectivity index (χ0) is 15.8. The molecule has 1 amide bonds. The summed E-state index contributed by atoms with van der Waals surface area (Å²) in [5.74, 6) is 0. The molecule has 0 aromatic carbocycles. The molecule has 0 unspecified atom stereocenters. The predicted octanol–water partition coefficient (Wildman–Crippen LogP) is 2.45. The molecule has 0 aromatic heterocycles. The minimum Gasteiger partial charge on any atom is -0.370 e. The quantitative estimate of drug-likeness (QED) is 0.297. The number of amides is 1. The fourth-order valence-corrected chi connectivity index (χ4v) is 2.54. The maximum atomic E-state index is 11.2. The van der Waals surface area contributed by atoms with Crippen molar-refractivity contribution in [3.8, 4) is 0 Å². The molecule has 0 spiro atoms. The van der Waals surface area contributed by atoms with Gasteiger partial charge in [-0.15, -0.1) is 0 Å². The number of carbonyl (C=O) groups excluding carboxylic acids is 1. The molecule has 2 rings (SSSR count). The highest BCUT2D eigenvalue weighted by Crippen LogP contribution is 2.26. The molecule has 1 heterocycles. The molecule has 0 atom stereocenters. The SMILES string of the molecule is COOCCN1/C=C(/Cl)C/C=C\C(CN(C=O)C2CC2)=C/C1. The molecule has 122 valence electrons. The highest BCUT2D eigenvalue weighted by molar-refractivity contribution is 6.29. The maximum absolute atomic E-state index is 11.2. The van der Waals surface area contributed by atoms with Crippen LogP contribution in [0.2, 0.25) is 0 Å². The Morgan fingerprint density at radius 1 is 1.50 bits per heavy atom. The fraction of sp³-hybridized carbons (Fsp3) is 0.562. The van der Waals surface area contributed by atoms with Gasteiger partial charge >= 0.3 is 0 Å². The molecule has 5 nitrogen and oxygen atoms in total. The van der Waals surface area contributed by atoms with E-state index in [0.29, 0.717) is 32.2 Å². The van der Waals surface area contributed by atoms with Gasteiger partial charge in [0.05, 0.1) is 13.7 Å². The van der Waals surface area contributed by atoms with Crippen LogP contribution >= 0.6 is 11.6 Å². The van der Waals surface area contributed by atoms with Gasteiger partial charge in [0.15, 0.2) is 0 Å². The Balaban J connectivity index is 1.97. The Morgan fingerprint density at radius 2 is 2.32 bits per heavy atom. The number of hydrogen-bond donors (Lipinski definition) is 0. The Hall–Kier alpha value is -1.30. The summed E-state index contributed by atoms with van der Waals surface area (Å²) in [6.45, 7) is 2.54. The highest BCUT2D eigenvalue weighted by atomic mass is 35.5. The van der Waals surface area contributed by atoms with E-state index in [1.807, 2.05) is 17.2 Å². The lowest BCUT2D eigenvalue weighted by atomic mass is 10.2. The van der Waals surface area contributed by atoms with Crippen LogP contribution in [0.5, 0.6) is 0 Å². The van der Waals surface area contributed by atoms with Crippen molar-refractivity contribution in [2.24, 2.45) is 0 Å². The lowest BCUT2D eigenvalue weighted by Crippen LogP contribution is -2.27. The first-order chi connectivity index (χ1) is 10.7. The maximum Gasteiger partial charge on any atom is 0.210 e. The third-order valence-corrected chi connectivity index (χ3v) is 3.90. The number of rotatable bonds is 8. The number of allylic oxidation sites excluding steroid dienone is 2. The standard InChI is InChI=1S/C16H23ClN2O3/c1-21-22-10-9-18-8-7-14(3-2-4-15(17)12-18)11-19(13-20)16-5-6-16/h2-3,7,12-13,16H,4-6,8-11H2,1H3/b3-2-,14-7+,15-12+. The van der Waals surface area contributed by atoms with Crippen molar-refractivity contribution in [1.29, 1.82) is 0 Å². The second-order valence-electron chi connectivity index (χ2n) is 5.45. The van der Waals surface area contributed by atoms with Gasteiger partial charge in [-0.2, -0.15) is 0 Å². The van der Waals surface area contributed by atoms with Crippen LogP contribution in [-0.2, 0) is 14.6 Å². The van der Waals surface area contributed by atoms with Gasteiger partial charge in [-0.25, -0.2) is 9.78 Å². The van der Waals surface area contributed by atoms with E-state index in [2.05, 4.69) is 21.9 Å². The third kappa shape index (κ3) is 5.83. The summed E-state index contributed by atoms with van der Waals surface area (Å²) in [4.78, 5) is 24.7. The average molecular weight is 327 g/mol. The smallest absolute Gasteiger partial charge is 0.210 e. The van der Waals surface area contributed by atoms with E-state index in [1.54, 1.807) is 0 Å². The van der Waals surface area contributed by atoms with Crippen molar-refractivity contribution in [2.75, 3.05) is 33.4 Å². The van der Waals surface area contributed by atoms with Gasteiger partial charge in [-0.1, -0.05) is 29.8 Å². The molecule has 0 saturated heterocycles. The number of halogens is 1. The van der Waals surface area contributed by atoms with Crippen molar-refractivity contribution in [3.63, 3.8) is 0 Å². The molecule has 1 saturated carbocycles. The summed E-state index contributed by atoms with van der Waals surface area (Å²) in [5.41, 5.74) is 1.14. The van der Waals surface area contributed by atoms with Crippen LogP contribution in [0.15, 0.2) is 35.0 Å². The Morgan fingerprint density at radius 3 is 3.00 bits per heavy atom. The molecule has 22 heavy (non-hydrogen) atoms. The predicted molar refractivity (Wildman–Crippen MR) is 86.1 cm³/mol. The van der Waals surface area contributed by atoms with E-state index < -0.39 is 0 Å². The second kappa shape index (κ2) is 8.98. The zero-order valence-corrected chi connectivity index (χ0v) is 13.7. The van der Waals surface area contributed by atoms with Crippen LogP contribution in [0.4, 0.5) is 0 Å². The van der Waals surface area contributed by atoms with E-state index in [0.717, 1.165) is 36.4 Å². The molecule has 0 bridgehead atoms. The summed E-state index contributed by atoms with van der Waals surface area (Å²) in [6, 6.07) is 0.423. The monoisotopic (exact) mass is 326 g/mol. The Labute approximate surface area is 136 Å². The summed E-state index contributed by atoms with van der Waals surface area (Å²) in [6.07, 6.45) is 12.0. The summed E-state index contributed by atoms with van der Waals surface area (Å²) >= 11 is 6.22. The van der Waals surface area contributed by atoms with Gasteiger partial charge in [0, 0.05) is 43.3 Å². The van der Waals surface area contributed by atoms with Gasteiger partial charge < -0.3 is 9.80 Å². The van der Waals surface area contributed by atoms with Crippen LogP contribution in [-0.4, -0.2) is 55.6 Å². The Bertz CT molecular complexity index is 458. The van der Waals surface area contributed by atoms with Crippen molar-refractivity contribution in [3.05, 3.63) is 35.0 Å². The second-order valence-corrected chi connectivity index (χ2v) is 5.94. The molecule has 1 fully saturated rings. The van der Waals surface area contributed by atoms with E-state index in [4.69, 9.17) is 16.5 Å². The van der Waals surface area contributed by atoms with Crippen LogP contribution in [0.25, 0.3) is 0 Å². The van der Waals surface area contributed by atoms with Gasteiger partial charge in [-0.05, 0) is 18.4 Å². The van der Waals surface area contributed by atoms with E-state index >= 15 is 0 Å². The number of carbonyl (C=O) groups is 1. The molecule has 1 aliphatic carbocycles. The molecular weight excluding hydrogens is 304 g/mol. The topological polar surface area (TPSA) is 42.0 Å². The molecular formula is C16H23ClN2O3. The van der Waals surface area contributed by atoms with Crippen molar-refractivity contribution >= 4 is 18.0 Å². The lowest BCUT2D eigenvalue weighted by Gasteiger charge is -2.20. The first-order valence-electron chi connectivity index (χ1n) is 7.55. The van der Waals surface area contributed by atoms with Crippen LogP contribution < -0.4 is 0 Å². The van der Waals surface area contributed by atoms with E-state index in [9.17, 15) is 4.79 Å². The van der Waals surface area contributed by atoms with Crippen LogP contribution in [0, 0.1) is 0 Å². The van der Waals surface area contributed by atoms with Crippen LogP contribution in [0.3, 0.4) is 0 Å². The number of nitrogens with zero attached hydrogens (tertiary/aromatic N) is 2. The first kappa shape index (κ1) is 17.1. The molecule has 6 heteroatoms.